The molecule has 1 atom stereocenters. The van der Waals surface area contributed by atoms with E-state index in [1.54, 1.807) is 29.2 Å². The van der Waals surface area contributed by atoms with E-state index in [-0.39, 0.29) is 31.0 Å². The Morgan fingerprint density at radius 2 is 1.66 bits per heavy atom. The molecule has 5 nitrogen and oxygen atoms in total. The summed E-state index contributed by atoms with van der Waals surface area (Å²) in [6.45, 7) is 1.86. The largest absolute Gasteiger partial charge is 0.484 e. The van der Waals surface area contributed by atoms with Gasteiger partial charge < -0.3 is 15.0 Å². The van der Waals surface area contributed by atoms with Gasteiger partial charge in [0.05, 0.1) is 0 Å². The van der Waals surface area contributed by atoms with Crippen LogP contribution in [0.15, 0.2) is 72.8 Å². The number of ether oxygens (including phenoxy) is 1. The Bertz CT molecular complexity index is 1230. The summed E-state index contributed by atoms with van der Waals surface area (Å²) in [6.07, 6.45) is 5.70. The molecule has 3 aromatic carbocycles. The summed E-state index contributed by atoms with van der Waals surface area (Å²) >= 11 is 12.6. The van der Waals surface area contributed by atoms with E-state index in [1.807, 2.05) is 55.5 Å². The van der Waals surface area contributed by atoms with Gasteiger partial charge in [-0.25, -0.2) is 0 Å². The summed E-state index contributed by atoms with van der Waals surface area (Å²) in [5.74, 6) is 0.102. The van der Waals surface area contributed by atoms with Gasteiger partial charge in [-0.15, -0.1) is 0 Å². The summed E-state index contributed by atoms with van der Waals surface area (Å²) in [6, 6.07) is 21.9. The van der Waals surface area contributed by atoms with Gasteiger partial charge in [0.25, 0.3) is 5.91 Å². The third-order valence-corrected chi connectivity index (χ3v) is 7.81. The molecule has 1 aliphatic carbocycles. The van der Waals surface area contributed by atoms with Crippen molar-refractivity contribution in [3.05, 3.63) is 99.5 Å². The van der Waals surface area contributed by atoms with E-state index in [2.05, 4.69) is 5.32 Å². The molecular formula is C31H34Cl2N2O3. The molecule has 2 amide bonds. The number of benzene rings is 3. The van der Waals surface area contributed by atoms with Gasteiger partial charge >= 0.3 is 0 Å². The van der Waals surface area contributed by atoms with Crippen molar-refractivity contribution >= 4 is 35.0 Å². The second-order valence-corrected chi connectivity index (χ2v) is 10.7. The van der Waals surface area contributed by atoms with Gasteiger partial charge in [-0.3, -0.25) is 9.59 Å². The summed E-state index contributed by atoms with van der Waals surface area (Å²) < 4.78 is 5.87. The summed E-state index contributed by atoms with van der Waals surface area (Å²) in [5.41, 5.74) is 2.61. The number of aryl methyl sites for hydroxylation is 1. The topological polar surface area (TPSA) is 58.6 Å². The highest BCUT2D eigenvalue weighted by Gasteiger charge is 2.32. The van der Waals surface area contributed by atoms with Gasteiger partial charge in [0.15, 0.2) is 6.61 Å². The van der Waals surface area contributed by atoms with Crippen LogP contribution in [0.3, 0.4) is 0 Å². The number of carbonyl (C=O) groups excluding carboxylic acids is 2. The molecule has 0 radical (unpaired) electrons. The first-order valence-corrected chi connectivity index (χ1v) is 13.9. The summed E-state index contributed by atoms with van der Waals surface area (Å²) in [4.78, 5) is 29.2. The third kappa shape index (κ3) is 7.75. The quantitative estimate of drug-likeness (QED) is 0.302. The average Bonchev–Trinajstić information content (AvgIpc) is 2.93. The van der Waals surface area contributed by atoms with Gasteiger partial charge in [0.1, 0.15) is 11.8 Å². The van der Waals surface area contributed by atoms with Crippen molar-refractivity contribution in [1.82, 2.24) is 10.2 Å². The fraction of sp³-hybridized carbons (Fsp3) is 0.355. The molecule has 1 saturated carbocycles. The Balaban J connectivity index is 1.62. The lowest BCUT2D eigenvalue weighted by Crippen LogP contribution is -2.53. The first-order chi connectivity index (χ1) is 18.4. The number of hydrogen-bond donors (Lipinski definition) is 1. The molecule has 0 bridgehead atoms. The maximum Gasteiger partial charge on any atom is 0.261 e. The number of hydrogen-bond acceptors (Lipinski definition) is 3. The summed E-state index contributed by atoms with van der Waals surface area (Å²) in [5, 5.41) is 4.42. The lowest BCUT2D eigenvalue weighted by atomic mass is 9.94. The van der Waals surface area contributed by atoms with E-state index in [0.717, 1.165) is 42.4 Å². The molecule has 0 aromatic heterocycles. The molecule has 0 saturated heterocycles. The highest BCUT2D eigenvalue weighted by molar-refractivity contribution is 6.31. The molecule has 0 aliphatic heterocycles. The molecule has 0 heterocycles. The van der Waals surface area contributed by atoms with Gasteiger partial charge in [0.2, 0.25) is 5.91 Å². The van der Waals surface area contributed by atoms with Crippen molar-refractivity contribution in [3.63, 3.8) is 0 Å². The van der Waals surface area contributed by atoms with Crippen LogP contribution in [0.1, 0.15) is 48.8 Å². The van der Waals surface area contributed by atoms with Gasteiger partial charge in [-0.05, 0) is 60.7 Å². The Morgan fingerprint density at radius 3 is 2.37 bits per heavy atom. The van der Waals surface area contributed by atoms with Crippen LogP contribution in [-0.2, 0) is 22.6 Å². The van der Waals surface area contributed by atoms with Crippen molar-refractivity contribution in [2.75, 3.05) is 6.61 Å². The van der Waals surface area contributed by atoms with Crippen molar-refractivity contribution in [3.8, 4) is 5.75 Å². The lowest BCUT2D eigenvalue weighted by Gasteiger charge is -2.33. The van der Waals surface area contributed by atoms with Crippen LogP contribution in [0.5, 0.6) is 5.75 Å². The molecule has 3 aromatic rings. The number of nitrogens with one attached hydrogen (secondary N) is 1. The van der Waals surface area contributed by atoms with E-state index in [9.17, 15) is 9.59 Å². The van der Waals surface area contributed by atoms with Crippen LogP contribution in [-0.4, -0.2) is 35.4 Å². The Hall–Kier alpha value is -3.02. The molecule has 4 rings (SSSR count). The SMILES string of the molecule is Cc1cc(OCC(=O)N(Cc2ccccc2Cl)C(Cc2ccccc2)C(=O)NC2CCCCC2)ccc1Cl. The predicted molar refractivity (Wildman–Crippen MR) is 153 cm³/mol. The molecule has 0 spiro atoms. The highest BCUT2D eigenvalue weighted by atomic mass is 35.5. The maximum absolute atomic E-state index is 13.8. The van der Waals surface area contributed by atoms with Gasteiger partial charge in [-0.1, -0.05) is 91.0 Å². The molecule has 1 unspecified atom stereocenters. The first kappa shape index (κ1) is 28.0. The monoisotopic (exact) mass is 552 g/mol. The van der Waals surface area contributed by atoms with Gasteiger partial charge in [-0.2, -0.15) is 0 Å². The first-order valence-electron chi connectivity index (χ1n) is 13.2. The van der Waals surface area contributed by atoms with E-state index < -0.39 is 6.04 Å². The van der Waals surface area contributed by atoms with Crippen LogP contribution >= 0.6 is 23.2 Å². The zero-order chi connectivity index (χ0) is 26.9. The van der Waals surface area contributed by atoms with Crippen LogP contribution in [0.25, 0.3) is 0 Å². The smallest absolute Gasteiger partial charge is 0.261 e. The Morgan fingerprint density at radius 1 is 0.947 bits per heavy atom. The van der Waals surface area contributed by atoms with E-state index in [4.69, 9.17) is 27.9 Å². The fourth-order valence-corrected chi connectivity index (χ4v) is 5.16. The van der Waals surface area contributed by atoms with E-state index in [0.29, 0.717) is 22.2 Å². The van der Waals surface area contributed by atoms with Crippen molar-refractivity contribution in [1.29, 1.82) is 0 Å². The van der Waals surface area contributed by atoms with Crippen LogP contribution in [0.4, 0.5) is 0 Å². The van der Waals surface area contributed by atoms with Crippen molar-refractivity contribution in [2.45, 2.75) is 64.1 Å². The molecule has 200 valence electrons. The van der Waals surface area contributed by atoms with Crippen molar-refractivity contribution in [2.24, 2.45) is 0 Å². The second kappa shape index (κ2) is 13.7. The normalized spacial score (nSPS) is 14.5. The third-order valence-electron chi connectivity index (χ3n) is 7.01. The van der Waals surface area contributed by atoms with Crippen LogP contribution in [0.2, 0.25) is 10.0 Å². The number of nitrogens with zero attached hydrogens (tertiary/aromatic N) is 1. The summed E-state index contributed by atoms with van der Waals surface area (Å²) in [7, 11) is 0. The standard InChI is InChI=1S/C31H34Cl2N2O3/c1-22-18-26(16-17-27(22)32)38-21-30(36)35(20-24-12-8-9-15-28(24)33)29(19-23-10-4-2-5-11-23)31(37)34-25-13-6-3-7-14-25/h2,4-5,8-12,15-18,25,29H,3,6-7,13-14,19-21H2,1H3,(H,34,37). The average molecular weight is 554 g/mol. The maximum atomic E-state index is 13.8. The lowest BCUT2D eigenvalue weighted by molar-refractivity contribution is -0.143. The number of amides is 2. The Labute approximate surface area is 235 Å². The van der Waals surface area contributed by atoms with Crippen LogP contribution in [0, 0.1) is 6.92 Å². The highest BCUT2D eigenvalue weighted by Crippen LogP contribution is 2.24. The van der Waals surface area contributed by atoms with E-state index >= 15 is 0 Å². The molecule has 1 N–H and O–H groups in total. The zero-order valence-corrected chi connectivity index (χ0v) is 23.2. The zero-order valence-electron chi connectivity index (χ0n) is 21.7. The number of halogens is 2. The molecular weight excluding hydrogens is 519 g/mol. The van der Waals surface area contributed by atoms with E-state index in [1.165, 1.54) is 6.42 Å². The predicted octanol–water partition coefficient (Wildman–Crippen LogP) is 6.77. The Kier molecular flexibility index (Phi) is 10.1. The van der Waals surface area contributed by atoms with Crippen LogP contribution < -0.4 is 10.1 Å². The molecule has 7 heteroatoms. The fourth-order valence-electron chi connectivity index (χ4n) is 4.84. The molecule has 38 heavy (non-hydrogen) atoms. The molecule has 1 aliphatic rings. The minimum Gasteiger partial charge on any atom is -0.484 e. The second-order valence-electron chi connectivity index (χ2n) is 9.86. The minimum absolute atomic E-state index is 0.125. The number of rotatable bonds is 10. The van der Waals surface area contributed by atoms with Gasteiger partial charge in [0, 0.05) is 29.1 Å². The molecule has 1 fully saturated rings. The number of carbonyl (C=O) groups is 2. The minimum atomic E-state index is -0.723. The van der Waals surface area contributed by atoms with Crippen molar-refractivity contribution < 1.29 is 14.3 Å².